The molecule has 69 heavy (non-hydrogen) atoms. The minimum absolute atomic E-state index is 0.0489. The second kappa shape index (κ2) is 17.1. The van der Waals surface area contributed by atoms with Crippen molar-refractivity contribution in [3.8, 4) is 39.2 Å². The fourth-order valence-electron chi connectivity index (χ4n) is 11.0. The number of pyridine rings is 1. The lowest BCUT2D eigenvalue weighted by molar-refractivity contribution is 0.518. The van der Waals surface area contributed by atoms with Crippen molar-refractivity contribution < 1.29 is 0 Å². The van der Waals surface area contributed by atoms with Crippen molar-refractivity contribution in [3.63, 3.8) is 0 Å². The van der Waals surface area contributed by atoms with Gasteiger partial charge < -0.3 is 9.80 Å². The van der Waals surface area contributed by atoms with Gasteiger partial charge in [-0.2, -0.15) is 0 Å². The van der Waals surface area contributed by atoms with E-state index >= 15 is 0 Å². The summed E-state index contributed by atoms with van der Waals surface area (Å²) < 4.78 is 2.40. The molecule has 0 radical (unpaired) electrons. The average molecular weight is 905 g/mol. The Hall–Kier alpha value is -8.25. The first-order valence-corrected chi connectivity index (χ1v) is 26.0. The Morgan fingerprint density at radius 3 is 1.61 bits per heavy atom. The van der Waals surface area contributed by atoms with Gasteiger partial charge in [-0.1, -0.05) is 194 Å². The SMILES string of the molecule is CC(C)(C)N1CN(c2cccc([Si](c3ccccc3)(c3ccccc3)c3ccc4c5ccccc5n(-c5cc(-c6c(-c7ccccc7)cccc6-c6ccccc6)ccn5)c4c3)c2)c2ccccc21. The molecule has 3 heterocycles. The second-order valence-corrected chi connectivity index (χ2v) is 22.9. The zero-order valence-electron chi connectivity index (χ0n) is 39.2. The molecule has 0 aliphatic carbocycles. The third kappa shape index (κ3) is 7.17. The van der Waals surface area contributed by atoms with E-state index in [1.54, 1.807) is 0 Å². The maximum absolute atomic E-state index is 5.24. The van der Waals surface area contributed by atoms with Crippen LogP contribution < -0.4 is 30.5 Å². The molecule has 5 heteroatoms. The van der Waals surface area contributed by atoms with Crippen LogP contribution in [0, 0.1) is 0 Å². The summed E-state index contributed by atoms with van der Waals surface area (Å²) in [6, 6.07) is 89.6. The lowest BCUT2D eigenvalue weighted by atomic mass is 9.88. The number of aromatic nitrogens is 2. The van der Waals surface area contributed by atoms with Gasteiger partial charge in [0.25, 0.3) is 0 Å². The Bertz CT molecular complexity index is 3540. The van der Waals surface area contributed by atoms with E-state index < -0.39 is 8.07 Å². The third-order valence-corrected chi connectivity index (χ3v) is 18.9. The number of hydrogen-bond acceptors (Lipinski definition) is 3. The summed E-state index contributed by atoms with van der Waals surface area (Å²) >= 11 is 0. The number of fused-ring (bicyclic) bond motifs is 4. The monoisotopic (exact) mass is 904 g/mol. The van der Waals surface area contributed by atoms with Gasteiger partial charge >= 0.3 is 0 Å². The van der Waals surface area contributed by atoms with Crippen molar-refractivity contribution in [2.45, 2.75) is 26.3 Å². The molecule has 9 aromatic carbocycles. The summed E-state index contributed by atoms with van der Waals surface area (Å²) in [5, 5.41) is 7.70. The normalized spacial score (nSPS) is 12.7. The predicted molar refractivity (Wildman–Crippen MR) is 294 cm³/mol. The first-order chi connectivity index (χ1) is 33.9. The highest BCUT2D eigenvalue weighted by Crippen LogP contribution is 2.44. The van der Waals surface area contributed by atoms with E-state index in [9.17, 15) is 0 Å². The molecule has 0 saturated heterocycles. The van der Waals surface area contributed by atoms with Crippen LogP contribution in [0.3, 0.4) is 0 Å². The van der Waals surface area contributed by atoms with Crippen LogP contribution in [0.1, 0.15) is 20.8 Å². The van der Waals surface area contributed by atoms with Crippen molar-refractivity contribution in [2.75, 3.05) is 16.5 Å². The average Bonchev–Trinajstić information content (AvgIpc) is 3.97. The molecule has 332 valence electrons. The van der Waals surface area contributed by atoms with E-state index in [0.29, 0.717) is 0 Å². The molecule has 0 unspecified atom stereocenters. The van der Waals surface area contributed by atoms with E-state index in [0.717, 1.165) is 29.1 Å². The van der Waals surface area contributed by atoms with Crippen LogP contribution in [0.25, 0.3) is 61.0 Å². The number of rotatable bonds is 9. The van der Waals surface area contributed by atoms with Crippen LogP contribution in [-0.4, -0.2) is 29.8 Å². The zero-order valence-corrected chi connectivity index (χ0v) is 40.2. The first kappa shape index (κ1) is 42.1. The molecule has 0 saturated carbocycles. The highest BCUT2D eigenvalue weighted by Gasteiger charge is 2.43. The van der Waals surface area contributed by atoms with E-state index in [2.05, 4.69) is 278 Å². The zero-order chi connectivity index (χ0) is 46.5. The molecular formula is C64H52N4Si. The van der Waals surface area contributed by atoms with Crippen LogP contribution >= 0.6 is 0 Å². The molecule has 1 aliphatic rings. The minimum atomic E-state index is -3.05. The topological polar surface area (TPSA) is 24.3 Å². The van der Waals surface area contributed by atoms with Crippen LogP contribution in [-0.2, 0) is 0 Å². The fraction of sp³-hybridized carbons (Fsp3) is 0.0781. The van der Waals surface area contributed by atoms with Gasteiger partial charge in [-0.3, -0.25) is 4.57 Å². The molecule has 0 atom stereocenters. The van der Waals surface area contributed by atoms with Crippen molar-refractivity contribution in [1.29, 1.82) is 0 Å². The van der Waals surface area contributed by atoms with Gasteiger partial charge in [-0.15, -0.1) is 0 Å². The lowest BCUT2D eigenvalue weighted by Gasteiger charge is -2.36. The number of hydrogen-bond donors (Lipinski definition) is 0. The molecule has 0 amide bonds. The summed E-state index contributed by atoms with van der Waals surface area (Å²) in [6.45, 7) is 7.69. The van der Waals surface area contributed by atoms with Crippen molar-refractivity contribution in [3.05, 3.63) is 249 Å². The predicted octanol–water partition coefficient (Wildman–Crippen LogP) is 13.3. The third-order valence-electron chi connectivity index (χ3n) is 14.2. The van der Waals surface area contributed by atoms with Gasteiger partial charge in [-0.25, -0.2) is 4.98 Å². The van der Waals surface area contributed by atoms with Gasteiger partial charge in [0, 0.05) is 28.2 Å². The van der Waals surface area contributed by atoms with E-state index in [1.165, 1.54) is 76.4 Å². The van der Waals surface area contributed by atoms with Gasteiger partial charge in [0.1, 0.15) is 5.82 Å². The molecule has 0 N–H and O–H groups in total. The molecule has 1 aliphatic heterocycles. The molecule has 11 aromatic rings. The molecule has 2 aromatic heterocycles. The fourth-order valence-corrected chi connectivity index (χ4v) is 15.8. The Labute approximate surface area is 406 Å². The molecule has 0 fully saturated rings. The van der Waals surface area contributed by atoms with E-state index in [4.69, 9.17) is 4.98 Å². The van der Waals surface area contributed by atoms with E-state index in [1.807, 2.05) is 6.20 Å². The molecule has 4 nitrogen and oxygen atoms in total. The van der Waals surface area contributed by atoms with Crippen molar-refractivity contribution in [1.82, 2.24) is 9.55 Å². The summed E-state index contributed by atoms with van der Waals surface area (Å²) in [6.07, 6.45) is 1.99. The Kier molecular flexibility index (Phi) is 10.5. The molecule has 0 bridgehead atoms. The van der Waals surface area contributed by atoms with Crippen molar-refractivity contribution >= 4 is 67.7 Å². The molecular weight excluding hydrogens is 853 g/mol. The second-order valence-electron chi connectivity index (χ2n) is 19.1. The van der Waals surface area contributed by atoms with Gasteiger partial charge in [-0.05, 0) is 123 Å². The number of anilines is 3. The summed E-state index contributed by atoms with van der Waals surface area (Å²) in [5.41, 5.74) is 12.9. The number of nitrogens with zero attached hydrogens (tertiary/aromatic N) is 4. The maximum Gasteiger partial charge on any atom is 0.179 e. The van der Waals surface area contributed by atoms with Crippen LogP contribution in [0.15, 0.2) is 249 Å². The summed E-state index contributed by atoms with van der Waals surface area (Å²) in [7, 11) is -3.05. The van der Waals surface area contributed by atoms with Crippen LogP contribution in [0.2, 0.25) is 0 Å². The molecule has 0 spiro atoms. The largest absolute Gasteiger partial charge is 0.347 e. The van der Waals surface area contributed by atoms with Gasteiger partial charge in [0.05, 0.1) is 29.1 Å². The Morgan fingerprint density at radius 1 is 0.420 bits per heavy atom. The molecule has 12 rings (SSSR count). The van der Waals surface area contributed by atoms with Gasteiger partial charge in [0.15, 0.2) is 8.07 Å². The van der Waals surface area contributed by atoms with Gasteiger partial charge in [0.2, 0.25) is 0 Å². The van der Waals surface area contributed by atoms with Crippen molar-refractivity contribution in [2.24, 2.45) is 0 Å². The summed E-state index contributed by atoms with van der Waals surface area (Å²) in [5.74, 6) is 0.877. The lowest BCUT2D eigenvalue weighted by Crippen LogP contribution is -2.74. The van der Waals surface area contributed by atoms with E-state index in [-0.39, 0.29) is 5.54 Å². The standard InChI is InChI=1S/C64H52N4Si/c1-64(2,3)67-45-66(59-36-18-19-37-60(59)67)49-26-20-31-52(43-49)69(50-27-12-6-13-28-50,51-29-14-7-15-30-51)53-38-39-57-56-32-16-17-35-58(56)68(61(57)44-53)62-42-48(40-41-65-62)63-54(46-22-8-4-9-23-46)33-21-34-55(63)47-24-10-5-11-25-47/h4-44H,45H2,1-3H3. The highest BCUT2D eigenvalue weighted by atomic mass is 28.3. The quantitative estimate of drug-likeness (QED) is 0.107. The van der Waals surface area contributed by atoms with Crippen LogP contribution in [0.4, 0.5) is 17.1 Å². The minimum Gasteiger partial charge on any atom is -0.347 e. The Balaban J connectivity index is 1.10. The first-order valence-electron chi connectivity index (χ1n) is 24.0. The number of benzene rings is 9. The van der Waals surface area contributed by atoms with Crippen LogP contribution in [0.5, 0.6) is 0 Å². The smallest absolute Gasteiger partial charge is 0.179 e. The number of para-hydroxylation sites is 3. The Morgan fingerprint density at radius 2 is 0.957 bits per heavy atom. The summed E-state index contributed by atoms with van der Waals surface area (Å²) in [4.78, 5) is 10.3. The maximum atomic E-state index is 5.24. The highest BCUT2D eigenvalue weighted by molar-refractivity contribution is 7.20.